The molecule has 0 aliphatic heterocycles. The van der Waals surface area contributed by atoms with E-state index in [-0.39, 0.29) is 5.56 Å². The van der Waals surface area contributed by atoms with E-state index in [0.717, 1.165) is 29.6 Å². The summed E-state index contributed by atoms with van der Waals surface area (Å²) in [4.78, 5) is 19.4. The summed E-state index contributed by atoms with van der Waals surface area (Å²) < 4.78 is 0. The molecule has 154 valence electrons. The molecule has 0 spiro atoms. The number of carboxylic acid groups (broad SMARTS) is 1. The lowest BCUT2D eigenvalue weighted by Crippen LogP contribution is -2.18. The van der Waals surface area contributed by atoms with E-state index >= 15 is 0 Å². The molecule has 0 unspecified atom stereocenters. The van der Waals surface area contributed by atoms with Crippen molar-refractivity contribution in [1.82, 2.24) is 15.3 Å². The smallest absolute Gasteiger partial charge is 0.336 e. The number of aromatic nitrogens is 2. The van der Waals surface area contributed by atoms with Crippen molar-refractivity contribution < 1.29 is 9.90 Å². The fraction of sp³-hybridized carbons (Fsp3) is 0.182. The Morgan fingerprint density at radius 1 is 1.07 bits per heavy atom. The topological polar surface area (TPSA) is 90.0 Å². The number of H-pyrrole nitrogens is 1. The standard InChI is InChI=1S/C22H20Cl2N4O2/c23-13-8-18(24)17-10-14(27-20(17)9-13)12-25-6-3-7-26-21-11-16(22(29)30)15-4-1-2-5-19(15)28-21/h1-2,4-5,8-11,25,27H,3,6-7,12H2,(H,26,28)(H,29,30). The molecule has 0 atom stereocenters. The number of carboxylic acids is 1. The van der Waals surface area contributed by atoms with E-state index in [1.54, 1.807) is 18.2 Å². The van der Waals surface area contributed by atoms with Gasteiger partial charge in [-0.3, -0.25) is 0 Å². The summed E-state index contributed by atoms with van der Waals surface area (Å²) in [6, 6.07) is 14.4. The number of para-hydroxylation sites is 1. The average Bonchev–Trinajstić information content (AvgIpc) is 3.13. The van der Waals surface area contributed by atoms with Crippen molar-refractivity contribution in [1.29, 1.82) is 0 Å². The van der Waals surface area contributed by atoms with Crippen LogP contribution in [0, 0.1) is 0 Å². The van der Waals surface area contributed by atoms with Gasteiger partial charge in [0.1, 0.15) is 5.82 Å². The second kappa shape index (κ2) is 8.92. The van der Waals surface area contributed by atoms with Crippen LogP contribution in [0.25, 0.3) is 21.8 Å². The molecule has 4 N–H and O–H groups in total. The molecule has 0 aliphatic carbocycles. The van der Waals surface area contributed by atoms with Crippen LogP contribution in [0.4, 0.5) is 5.82 Å². The second-order valence-corrected chi connectivity index (χ2v) is 7.82. The number of anilines is 1. The molecule has 0 aliphatic rings. The lowest BCUT2D eigenvalue weighted by atomic mass is 10.1. The Balaban J connectivity index is 1.29. The highest BCUT2D eigenvalue weighted by atomic mass is 35.5. The van der Waals surface area contributed by atoms with Crippen molar-refractivity contribution in [2.75, 3.05) is 18.4 Å². The number of hydrogen-bond donors (Lipinski definition) is 4. The van der Waals surface area contributed by atoms with Crippen molar-refractivity contribution >= 4 is 56.8 Å². The molecule has 0 fully saturated rings. The average molecular weight is 443 g/mol. The maximum absolute atomic E-state index is 11.5. The van der Waals surface area contributed by atoms with Crippen LogP contribution < -0.4 is 10.6 Å². The van der Waals surface area contributed by atoms with Crippen molar-refractivity contribution in [2.45, 2.75) is 13.0 Å². The van der Waals surface area contributed by atoms with E-state index in [9.17, 15) is 9.90 Å². The first-order chi connectivity index (χ1) is 14.5. The highest BCUT2D eigenvalue weighted by Crippen LogP contribution is 2.28. The molecule has 8 heteroatoms. The largest absolute Gasteiger partial charge is 0.478 e. The van der Waals surface area contributed by atoms with E-state index in [1.807, 2.05) is 30.3 Å². The number of aromatic carboxylic acids is 1. The zero-order chi connectivity index (χ0) is 21.1. The Bertz CT molecular complexity index is 1220. The molecule has 2 heterocycles. The summed E-state index contributed by atoms with van der Waals surface area (Å²) in [6.45, 7) is 2.14. The monoisotopic (exact) mass is 442 g/mol. The van der Waals surface area contributed by atoms with E-state index in [1.165, 1.54) is 0 Å². The van der Waals surface area contributed by atoms with Gasteiger partial charge in [0.25, 0.3) is 0 Å². The summed E-state index contributed by atoms with van der Waals surface area (Å²) in [6.07, 6.45) is 0.851. The normalized spacial score (nSPS) is 11.3. The summed E-state index contributed by atoms with van der Waals surface area (Å²) in [5.74, 6) is -0.397. The van der Waals surface area contributed by atoms with Gasteiger partial charge < -0.3 is 20.7 Å². The number of rotatable bonds is 8. The third-order valence-electron chi connectivity index (χ3n) is 4.81. The van der Waals surface area contributed by atoms with Gasteiger partial charge in [-0.05, 0) is 43.3 Å². The van der Waals surface area contributed by atoms with E-state index in [0.29, 0.717) is 39.9 Å². The third kappa shape index (κ3) is 4.51. The van der Waals surface area contributed by atoms with Crippen molar-refractivity contribution in [3.63, 3.8) is 0 Å². The van der Waals surface area contributed by atoms with Gasteiger partial charge in [-0.15, -0.1) is 0 Å². The number of hydrogen-bond acceptors (Lipinski definition) is 4. The second-order valence-electron chi connectivity index (χ2n) is 6.98. The number of carbonyl (C=O) groups is 1. The molecule has 0 bridgehead atoms. The first-order valence-electron chi connectivity index (χ1n) is 9.55. The molecule has 4 rings (SSSR count). The van der Waals surface area contributed by atoms with Crippen molar-refractivity contribution in [3.8, 4) is 0 Å². The molecule has 30 heavy (non-hydrogen) atoms. The van der Waals surface area contributed by atoms with Gasteiger partial charge in [-0.25, -0.2) is 9.78 Å². The lowest BCUT2D eigenvalue weighted by Gasteiger charge is -2.09. The van der Waals surface area contributed by atoms with Crippen molar-refractivity contribution in [2.24, 2.45) is 0 Å². The number of nitrogens with zero attached hydrogens (tertiary/aromatic N) is 1. The minimum absolute atomic E-state index is 0.249. The number of pyridine rings is 1. The fourth-order valence-electron chi connectivity index (χ4n) is 3.41. The number of benzene rings is 2. The van der Waals surface area contributed by atoms with Gasteiger partial charge in [0.2, 0.25) is 0 Å². The van der Waals surface area contributed by atoms with Crippen molar-refractivity contribution in [3.05, 3.63) is 69.8 Å². The van der Waals surface area contributed by atoms with Crippen LogP contribution in [0.2, 0.25) is 10.0 Å². The molecule has 0 saturated heterocycles. The van der Waals surface area contributed by atoms with Gasteiger partial charge in [0, 0.05) is 40.1 Å². The van der Waals surface area contributed by atoms with Crippen LogP contribution in [0.1, 0.15) is 22.5 Å². The summed E-state index contributed by atoms with van der Waals surface area (Å²) in [5.41, 5.74) is 2.86. The molecule has 4 aromatic rings. The summed E-state index contributed by atoms with van der Waals surface area (Å²) in [7, 11) is 0. The Labute approximate surface area is 183 Å². The Kier molecular flexibility index (Phi) is 6.08. The zero-order valence-corrected chi connectivity index (χ0v) is 17.5. The molecular weight excluding hydrogens is 423 g/mol. The van der Waals surface area contributed by atoms with Gasteiger partial charge in [-0.2, -0.15) is 0 Å². The SMILES string of the molecule is O=C(O)c1cc(NCCCNCc2cc3c(Cl)cc(Cl)cc3[nH]2)nc2ccccc12. The maximum Gasteiger partial charge on any atom is 0.336 e. The van der Waals surface area contributed by atoms with E-state index in [4.69, 9.17) is 23.2 Å². The summed E-state index contributed by atoms with van der Waals surface area (Å²) >= 11 is 12.3. The van der Waals surface area contributed by atoms with Crippen LogP contribution in [0.5, 0.6) is 0 Å². The first-order valence-corrected chi connectivity index (χ1v) is 10.3. The number of nitrogens with one attached hydrogen (secondary N) is 3. The van der Waals surface area contributed by atoms with Gasteiger partial charge in [-0.1, -0.05) is 41.4 Å². The maximum atomic E-state index is 11.5. The molecule has 0 saturated carbocycles. The number of fused-ring (bicyclic) bond motifs is 2. The molecule has 6 nitrogen and oxygen atoms in total. The molecule has 2 aromatic heterocycles. The summed E-state index contributed by atoms with van der Waals surface area (Å²) in [5, 5.41) is 18.9. The minimum Gasteiger partial charge on any atom is -0.478 e. The van der Waals surface area contributed by atoms with Crippen LogP contribution in [-0.4, -0.2) is 34.1 Å². The lowest BCUT2D eigenvalue weighted by molar-refractivity contribution is 0.0699. The first kappa shape index (κ1) is 20.5. The Hall–Kier alpha value is -2.80. The van der Waals surface area contributed by atoms with Crippen LogP contribution in [-0.2, 0) is 6.54 Å². The zero-order valence-electron chi connectivity index (χ0n) is 16.0. The molecular formula is C22H20Cl2N4O2. The molecule has 0 radical (unpaired) electrons. The number of halogens is 2. The highest BCUT2D eigenvalue weighted by molar-refractivity contribution is 6.38. The fourth-order valence-corrected chi connectivity index (χ4v) is 3.96. The number of aromatic amines is 1. The van der Waals surface area contributed by atoms with Crippen LogP contribution in [0.3, 0.4) is 0 Å². The highest BCUT2D eigenvalue weighted by Gasteiger charge is 2.11. The minimum atomic E-state index is -0.960. The van der Waals surface area contributed by atoms with Crippen LogP contribution in [0.15, 0.2) is 48.5 Å². The predicted molar refractivity (Wildman–Crippen MR) is 122 cm³/mol. The molecule has 0 amide bonds. The Morgan fingerprint density at radius 3 is 2.73 bits per heavy atom. The van der Waals surface area contributed by atoms with Crippen LogP contribution >= 0.6 is 23.2 Å². The molecule has 2 aromatic carbocycles. The van der Waals surface area contributed by atoms with Gasteiger partial charge in [0.15, 0.2) is 0 Å². The quantitative estimate of drug-likeness (QED) is 0.277. The van der Waals surface area contributed by atoms with E-state index in [2.05, 4.69) is 20.6 Å². The predicted octanol–water partition coefficient (Wildman–Crippen LogP) is 5.31. The van der Waals surface area contributed by atoms with Gasteiger partial charge >= 0.3 is 5.97 Å². The Morgan fingerprint density at radius 2 is 1.90 bits per heavy atom. The van der Waals surface area contributed by atoms with E-state index < -0.39 is 5.97 Å². The third-order valence-corrected chi connectivity index (χ3v) is 5.34. The van der Waals surface area contributed by atoms with Gasteiger partial charge in [0.05, 0.1) is 16.1 Å².